The molecule has 88 valence electrons. The molecule has 1 saturated heterocycles. The zero-order valence-corrected chi connectivity index (χ0v) is 10.4. The van der Waals surface area contributed by atoms with E-state index in [4.69, 9.17) is 16.3 Å². The van der Waals surface area contributed by atoms with E-state index < -0.39 is 0 Å². The smallest absolute Gasteiger partial charge is 0.144 e. The van der Waals surface area contributed by atoms with Crippen molar-refractivity contribution in [3.8, 4) is 5.75 Å². The Morgan fingerprint density at radius 3 is 2.94 bits per heavy atom. The third-order valence-corrected chi connectivity index (χ3v) is 3.08. The van der Waals surface area contributed by atoms with Crippen molar-refractivity contribution in [3.63, 3.8) is 0 Å². The first-order valence-electron chi connectivity index (χ1n) is 5.52. The molecule has 1 atom stereocenters. The minimum Gasteiger partial charge on any atom is -0.494 e. The highest BCUT2D eigenvalue weighted by Crippen LogP contribution is 2.32. The van der Waals surface area contributed by atoms with Crippen molar-refractivity contribution in [2.75, 3.05) is 25.5 Å². The van der Waals surface area contributed by atoms with E-state index in [2.05, 4.69) is 10.6 Å². The molecule has 1 fully saturated rings. The summed E-state index contributed by atoms with van der Waals surface area (Å²) >= 11 is 6.05. The molecular formula is C12H17ClN2O. The molecule has 1 unspecified atom stereocenters. The number of halogens is 1. The van der Waals surface area contributed by atoms with Gasteiger partial charge in [-0.1, -0.05) is 11.6 Å². The first-order chi connectivity index (χ1) is 7.70. The molecule has 0 spiro atoms. The Balaban J connectivity index is 2.23. The van der Waals surface area contributed by atoms with Crippen molar-refractivity contribution in [1.29, 1.82) is 0 Å². The quantitative estimate of drug-likeness (QED) is 0.852. The molecule has 1 aromatic carbocycles. The van der Waals surface area contributed by atoms with E-state index in [-0.39, 0.29) is 0 Å². The summed E-state index contributed by atoms with van der Waals surface area (Å²) in [6, 6.07) is 4.30. The SMILES string of the molecule is COc1c(C)cc(Cl)cc1NC1CCNC1. The van der Waals surface area contributed by atoms with Crippen LogP contribution in [-0.4, -0.2) is 26.2 Å². The average molecular weight is 241 g/mol. The third-order valence-electron chi connectivity index (χ3n) is 2.86. The van der Waals surface area contributed by atoms with Crippen LogP contribution < -0.4 is 15.4 Å². The Hall–Kier alpha value is -0.930. The molecule has 0 aromatic heterocycles. The lowest BCUT2D eigenvalue weighted by atomic mass is 10.1. The minimum absolute atomic E-state index is 0.465. The minimum atomic E-state index is 0.465. The molecule has 2 rings (SSSR count). The van der Waals surface area contributed by atoms with Crippen LogP contribution >= 0.6 is 11.6 Å². The van der Waals surface area contributed by atoms with E-state index in [1.165, 1.54) is 0 Å². The lowest BCUT2D eigenvalue weighted by Gasteiger charge is -2.17. The van der Waals surface area contributed by atoms with Crippen LogP contribution in [0.2, 0.25) is 5.02 Å². The first kappa shape index (κ1) is 11.6. The number of ether oxygens (including phenoxy) is 1. The second-order valence-corrected chi connectivity index (χ2v) is 4.57. The zero-order valence-electron chi connectivity index (χ0n) is 9.64. The van der Waals surface area contributed by atoms with Crippen LogP contribution in [0.5, 0.6) is 5.75 Å². The number of aryl methyl sites for hydroxylation is 1. The molecule has 0 bridgehead atoms. The summed E-state index contributed by atoms with van der Waals surface area (Å²) in [6.45, 7) is 4.07. The van der Waals surface area contributed by atoms with Crippen molar-refractivity contribution in [2.24, 2.45) is 0 Å². The van der Waals surface area contributed by atoms with Gasteiger partial charge in [0.2, 0.25) is 0 Å². The highest BCUT2D eigenvalue weighted by Gasteiger charge is 2.16. The predicted molar refractivity (Wildman–Crippen MR) is 67.6 cm³/mol. The maximum Gasteiger partial charge on any atom is 0.144 e. The summed E-state index contributed by atoms with van der Waals surface area (Å²) in [6.07, 6.45) is 1.13. The molecule has 1 heterocycles. The Kier molecular flexibility index (Phi) is 3.56. The topological polar surface area (TPSA) is 33.3 Å². The number of anilines is 1. The summed E-state index contributed by atoms with van der Waals surface area (Å²) < 4.78 is 5.40. The van der Waals surface area contributed by atoms with Crippen LogP contribution in [0.4, 0.5) is 5.69 Å². The van der Waals surface area contributed by atoms with Gasteiger partial charge in [0.15, 0.2) is 0 Å². The number of rotatable bonds is 3. The van der Waals surface area contributed by atoms with Crippen molar-refractivity contribution >= 4 is 17.3 Å². The Bertz CT molecular complexity index is 376. The second-order valence-electron chi connectivity index (χ2n) is 4.14. The summed E-state index contributed by atoms with van der Waals surface area (Å²) in [5.41, 5.74) is 2.05. The van der Waals surface area contributed by atoms with Crippen LogP contribution in [0.1, 0.15) is 12.0 Å². The largest absolute Gasteiger partial charge is 0.494 e. The van der Waals surface area contributed by atoms with Crippen LogP contribution in [0.15, 0.2) is 12.1 Å². The molecular weight excluding hydrogens is 224 g/mol. The van der Waals surface area contributed by atoms with E-state index in [1.807, 2.05) is 19.1 Å². The Labute approximate surface area is 101 Å². The average Bonchev–Trinajstić information content (AvgIpc) is 2.70. The van der Waals surface area contributed by atoms with Gasteiger partial charge in [-0.05, 0) is 37.6 Å². The number of nitrogens with one attached hydrogen (secondary N) is 2. The van der Waals surface area contributed by atoms with Gasteiger partial charge in [0.05, 0.1) is 12.8 Å². The van der Waals surface area contributed by atoms with E-state index in [0.717, 1.165) is 41.5 Å². The van der Waals surface area contributed by atoms with Crippen molar-refractivity contribution in [1.82, 2.24) is 5.32 Å². The normalized spacial score (nSPS) is 19.8. The molecule has 0 saturated carbocycles. The molecule has 3 nitrogen and oxygen atoms in total. The number of benzene rings is 1. The lowest BCUT2D eigenvalue weighted by molar-refractivity contribution is 0.413. The van der Waals surface area contributed by atoms with Gasteiger partial charge in [-0.25, -0.2) is 0 Å². The maximum atomic E-state index is 6.05. The monoisotopic (exact) mass is 240 g/mol. The van der Waals surface area contributed by atoms with Gasteiger partial charge in [0.25, 0.3) is 0 Å². The second kappa shape index (κ2) is 4.93. The van der Waals surface area contributed by atoms with Gasteiger partial charge in [-0.15, -0.1) is 0 Å². The highest BCUT2D eigenvalue weighted by atomic mass is 35.5. The Morgan fingerprint density at radius 1 is 1.50 bits per heavy atom. The van der Waals surface area contributed by atoms with Gasteiger partial charge in [0, 0.05) is 17.6 Å². The van der Waals surface area contributed by atoms with Crippen LogP contribution in [0, 0.1) is 6.92 Å². The summed E-state index contributed by atoms with van der Waals surface area (Å²) in [5, 5.41) is 7.54. The standard InChI is InChI=1S/C12H17ClN2O/c1-8-5-9(13)6-11(12(8)16-2)15-10-3-4-14-7-10/h5-6,10,14-15H,3-4,7H2,1-2H3. The van der Waals surface area contributed by atoms with E-state index in [0.29, 0.717) is 6.04 Å². The van der Waals surface area contributed by atoms with Crippen LogP contribution in [-0.2, 0) is 0 Å². The maximum absolute atomic E-state index is 6.05. The van der Waals surface area contributed by atoms with E-state index in [9.17, 15) is 0 Å². The third kappa shape index (κ3) is 2.42. The molecule has 0 aliphatic carbocycles. The lowest BCUT2D eigenvalue weighted by Crippen LogP contribution is -2.22. The predicted octanol–water partition coefficient (Wildman–Crippen LogP) is 2.43. The fourth-order valence-corrected chi connectivity index (χ4v) is 2.38. The number of hydrogen-bond acceptors (Lipinski definition) is 3. The highest BCUT2D eigenvalue weighted by molar-refractivity contribution is 6.31. The van der Waals surface area contributed by atoms with Crippen molar-refractivity contribution < 1.29 is 4.74 Å². The number of methoxy groups -OCH3 is 1. The molecule has 2 N–H and O–H groups in total. The van der Waals surface area contributed by atoms with Gasteiger partial charge < -0.3 is 15.4 Å². The summed E-state index contributed by atoms with van der Waals surface area (Å²) in [7, 11) is 1.69. The molecule has 0 radical (unpaired) electrons. The number of hydrogen-bond donors (Lipinski definition) is 2. The van der Waals surface area contributed by atoms with Crippen molar-refractivity contribution in [3.05, 3.63) is 22.7 Å². The fraction of sp³-hybridized carbons (Fsp3) is 0.500. The van der Waals surface area contributed by atoms with Crippen molar-refractivity contribution in [2.45, 2.75) is 19.4 Å². The first-order valence-corrected chi connectivity index (χ1v) is 5.90. The molecule has 1 aliphatic heterocycles. The molecule has 0 amide bonds. The van der Waals surface area contributed by atoms with Gasteiger partial charge >= 0.3 is 0 Å². The van der Waals surface area contributed by atoms with Gasteiger partial charge in [-0.3, -0.25) is 0 Å². The van der Waals surface area contributed by atoms with Gasteiger partial charge in [0.1, 0.15) is 5.75 Å². The van der Waals surface area contributed by atoms with Crippen LogP contribution in [0.3, 0.4) is 0 Å². The van der Waals surface area contributed by atoms with Crippen LogP contribution in [0.25, 0.3) is 0 Å². The van der Waals surface area contributed by atoms with E-state index in [1.54, 1.807) is 7.11 Å². The molecule has 1 aromatic rings. The molecule has 4 heteroatoms. The molecule has 1 aliphatic rings. The van der Waals surface area contributed by atoms with Gasteiger partial charge in [-0.2, -0.15) is 0 Å². The Morgan fingerprint density at radius 2 is 2.31 bits per heavy atom. The summed E-state index contributed by atoms with van der Waals surface area (Å²) in [4.78, 5) is 0. The zero-order chi connectivity index (χ0) is 11.5. The fourth-order valence-electron chi connectivity index (χ4n) is 2.11. The summed E-state index contributed by atoms with van der Waals surface area (Å²) in [5.74, 6) is 0.885. The van der Waals surface area contributed by atoms with E-state index >= 15 is 0 Å². The molecule has 16 heavy (non-hydrogen) atoms.